The summed E-state index contributed by atoms with van der Waals surface area (Å²) in [5.74, 6) is -1.65. The summed E-state index contributed by atoms with van der Waals surface area (Å²) in [7, 11) is -3.72. The minimum Gasteiger partial charge on any atom is -0.481 e. The van der Waals surface area contributed by atoms with Crippen molar-refractivity contribution in [2.45, 2.75) is 4.90 Å². The molecule has 0 aliphatic carbocycles. The lowest BCUT2D eigenvalue weighted by molar-refractivity contribution is -0.145. The third-order valence-corrected chi connectivity index (χ3v) is 5.15. The molecule has 1 aromatic carbocycles. The Morgan fingerprint density at radius 3 is 2.55 bits per heavy atom. The summed E-state index contributed by atoms with van der Waals surface area (Å²) in [4.78, 5) is 26.9. The molecule has 1 aliphatic heterocycles. The van der Waals surface area contributed by atoms with Gasteiger partial charge in [0.25, 0.3) is 0 Å². The zero-order valence-corrected chi connectivity index (χ0v) is 11.0. The number of nitrogens with one attached hydrogen (secondary N) is 2. The van der Waals surface area contributed by atoms with E-state index in [1.807, 2.05) is 0 Å². The fraction of sp³-hybridized carbons (Fsp3) is 0.273. The second-order valence-electron chi connectivity index (χ2n) is 4.64. The zero-order chi connectivity index (χ0) is 14.5. The molecule has 1 fully saturated rings. The molecule has 9 heteroatoms. The van der Waals surface area contributed by atoms with Crippen LogP contribution in [-0.4, -0.2) is 46.9 Å². The number of imidazole rings is 1. The Labute approximate surface area is 113 Å². The van der Waals surface area contributed by atoms with Crippen LogP contribution in [0.1, 0.15) is 0 Å². The quantitative estimate of drug-likeness (QED) is 0.708. The van der Waals surface area contributed by atoms with Crippen molar-refractivity contribution in [2.24, 2.45) is 5.92 Å². The predicted octanol–water partition coefficient (Wildman–Crippen LogP) is -0.439. The molecule has 0 radical (unpaired) electrons. The van der Waals surface area contributed by atoms with Gasteiger partial charge in [0.2, 0.25) is 10.0 Å². The lowest BCUT2D eigenvalue weighted by atomic mass is 10.0. The van der Waals surface area contributed by atoms with Crippen molar-refractivity contribution < 1.29 is 18.3 Å². The maximum Gasteiger partial charge on any atom is 0.323 e. The van der Waals surface area contributed by atoms with E-state index in [0.717, 1.165) is 4.31 Å². The third kappa shape index (κ3) is 1.91. The van der Waals surface area contributed by atoms with E-state index >= 15 is 0 Å². The van der Waals surface area contributed by atoms with Gasteiger partial charge in [-0.1, -0.05) is 0 Å². The molecule has 1 saturated heterocycles. The highest BCUT2D eigenvalue weighted by atomic mass is 32.2. The van der Waals surface area contributed by atoms with Crippen LogP contribution in [-0.2, 0) is 14.8 Å². The molecule has 3 N–H and O–H groups in total. The van der Waals surface area contributed by atoms with Crippen LogP contribution in [0.25, 0.3) is 11.0 Å². The molecule has 0 saturated carbocycles. The van der Waals surface area contributed by atoms with Gasteiger partial charge in [-0.15, -0.1) is 0 Å². The van der Waals surface area contributed by atoms with E-state index < -0.39 is 27.6 Å². The standard InChI is InChI=1S/C11H11N3O5S/c15-10(16)6-4-14(5-6)20(18,19)7-1-2-8-9(3-7)13-11(17)12-8/h1-3,6H,4-5H2,(H,15,16)(H2,12,13,17). The van der Waals surface area contributed by atoms with Crippen molar-refractivity contribution in [1.82, 2.24) is 14.3 Å². The molecule has 2 aromatic rings. The molecular formula is C11H11N3O5S. The van der Waals surface area contributed by atoms with Crippen molar-refractivity contribution in [3.63, 3.8) is 0 Å². The fourth-order valence-electron chi connectivity index (χ4n) is 2.11. The number of aromatic nitrogens is 2. The van der Waals surface area contributed by atoms with E-state index in [1.165, 1.54) is 18.2 Å². The van der Waals surface area contributed by atoms with E-state index in [1.54, 1.807) is 0 Å². The second kappa shape index (κ2) is 4.18. The van der Waals surface area contributed by atoms with Crippen LogP contribution in [0.4, 0.5) is 0 Å². The van der Waals surface area contributed by atoms with Crippen molar-refractivity contribution >= 4 is 27.0 Å². The lowest BCUT2D eigenvalue weighted by Gasteiger charge is -2.35. The molecule has 0 unspecified atom stereocenters. The number of carboxylic acid groups (broad SMARTS) is 1. The maximum atomic E-state index is 12.3. The first-order chi connectivity index (χ1) is 9.38. The first-order valence-corrected chi connectivity index (χ1v) is 7.27. The highest BCUT2D eigenvalue weighted by Crippen LogP contribution is 2.26. The van der Waals surface area contributed by atoms with E-state index in [2.05, 4.69) is 9.97 Å². The van der Waals surface area contributed by atoms with Gasteiger partial charge >= 0.3 is 11.7 Å². The van der Waals surface area contributed by atoms with Crippen LogP contribution in [0.2, 0.25) is 0 Å². The summed E-state index contributed by atoms with van der Waals surface area (Å²) in [5, 5.41) is 8.77. The molecular weight excluding hydrogens is 286 g/mol. The minimum atomic E-state index is -3.72. The van der Waals surface area contributed by atoms with E-state index in [-0.39, 0.29) is 18.0 Å². The number of nitrogens with zero attached hydrogens (tertiary/aromatic N) is 1. The second-order valence-corrected chi connectivity index (χ2v) is 6.58. The Hall–Kier alpha value is -2.13. The monoisotopic (exact) mass is 297 g/mol. The molecule has 1 aliphatic rings. The first kappa shape index (κ1) is 12.9. The predicted molar refractivity (Wildman–Crippen MR) is 68.8 cm³/mol. The van der Waals surface area contributed by atoms with Crippen molar-refractivity contribution in [1.29, 1.82) is 0 Å². The van der Waals surface area contributed by atoms with Gasteiger partial charge in [0, 0.05) is 13.1 Å². The number of fused-ring (bicyclic) bond motifs is 1. The normalized spacial score (nSPS) is 17.2. The van der Waals surface area contributed by atoms with Crippen molar-refractivity contribution in [3.05, 3.63) is 28.7 Å². The van der Waals surface area contributed by atoms with Gasteiger partial charge in [0.15, 0.2) is 0 Å². The van der Waals surface area contributed by atoms with Gasteiger partial charge in [0.1, 0.15) is 0 Å². The Morgan fingerprint density at radius 1 is 1.25 bits per heavy atom. The van der Waals surface area contributed by atoms with E-state index in [0.29, 0.717) is 11.0 Å². The van der Waals surface area contributed by atoms with Crippen LogP contribution in [0.3, 0.4) is 0 Å². The summed E-state index contributed by atoms with van der Waals surface area (Å²) >= 11 is 0. The molecule has 2 heterocycles. The first-order valence-electron chi connectivity index (χ1n) is 5.83. The zero-order valence-electron chi connectivity index (χ0n) is 10.2. The van der Waals surface area contributed by atoms with Crippen LogP contribution < -0.4 is 5.69 Å². The van der Waals surface area contributed by atoms with E-state index in [4.69, 9.17) is 5.11 Å². The molecule has 0 spiro atoms. The number of carboxylic acids is 1. The molecule has 1 aromatic heterocycles. The lowest BCUT2D eigenvalue weighted by Crippen LogP contribution is -2.52. The molecule has 0 amide bonds. The molecule has 3 rings (SSSR count). The number of rotatable bonds is 3. The van der Waals surface area contributed by atoms with Crippen LogP contribution in [0.15, 0.2) is 27.9 Å². The maximum absolute atomic E-state index is 12.3. The molecule has 0 atom stereocenters. The number of hydrogen-bond acceptors (Lipinski definition) is 4. The van der Waals surface area contributed by atoms with Gasteiger partial charge in [-0.2, -0.15) is 4.31 Å². The average molecular weight is 297 g/mol. The van der Waals surface area contributed by atoms with Crippen molar-refractivity contribution in [2.75, 3.05) is 13.1 Å². The van der Waals surface area contributed by atoms with Gasteiger partial charge in [-0.3, -0.25) is 4.79 Å². The number of sulfonamides is 1. The average Bonchev–Trinajstić information content (AvgIpc) is 2.64. The number of hydrogen-bond donors (Lipinski definition) is 3. The topological polar surface area (TPSA) is 123 Å². The Morgan fingerprint density at radius 2 is 1.90 bits per heavy atom. The highest BCUT2D eigenvalue weighted by molar-refractivity contribution is 7.89. The van der Waals surface area contributed by atoms with Gasteiger partial charge in [0.05, 0.1) is 21.8 Å². The van der Waals surface area contributed by atoms with Gasteiger partial charge in [-0.05, 0) is 18.2 Å². The summed E-state index contributed by atoms with van der Waals surface area (Å²) in [6.45, 7) is -0.0568. The molecule has 8 nitrogen and oxygen atoms in total. The fourth-order valence-corrected chi connectivity index (χ4v) is 3.67. The number of H-pyrrole nitrogens is 2. The Kier molecular flexibility index (Phi) is 2.69. The summed E-state index contributed by atoms with van der Waals surface area (Å²) in [5.41, 5.74) is 0.497. The van der Waals surface area contributed by atoms with Crippen LogP contribution >= 0.6 is 0 Å². The number of benzene rings is 1. The third-order valence-electron chi connectivity index (χ3n) is 3.32. The number of aromatic amines is 2. The number of aliphatic carboxylic acids is 1. The van der Waals surface area contributed by atoms with Gasteiger partial charge < -0.3 is 15.1 Å². The molecule has 20 heavy (non-hydrogen) atoms. The smallest absolute Gasteiger partial charge is 0.323 e. The largest absolute Gasteiger partial charge is 0.481 e. The Balaban J connectivity index is 1.94. The molecule has 106 valence electrons. The van der Waals surface area contributed by atoms with Crippen LogP contribution in [0.5, 0.6) is 0 Å². The summed E-state index contributed by atoms with van der Waals surface area (Å²) in [6.07, 6.45) is 0. The van der Waals surface area contributed by atoms with Crippen molar-refractivity contribution in [3.8, 4) is 0 Å². The number of carbonyl (C=O) groups is 1. The van der Waals surface area contributed by atoms with Gasteiger partial charge in [-0.25, -0.2) is 13.2 Å². The summed E-state index contributed by atoms with van der Waals surface area (Å²) in [6, 6.07) is 4.24. The Bertz CT molecular complexity index is 844. The van der Waals surface area contributed by atoms with E-state index in [9.17, 15) is 18.0 Å². The highest BCUT2D eigenvalue weighted by Gasteiger charge is 2.40. The molecule has 0 bridgehead atoms. The minimum absolute atomic E-state index is 0.0284. The SMILES string of the molecule is O=C(O)C1CN(S(=O)(=O)c2ccc3[nH]c(=O)[nH]c3c2)C1. The summed E-state index contributed by atoms with van der Waals surface area (Å²) < 4.78 is 25.6. The van der Waals surface area contributed by atoms with Crippen LogP contribution in [0, 0.1) is 5.92 Å².